The van der Waals surface area contributed by atoms with Crippen LogP contribution in [0.1, 0.15) is 43.2 Å². The number of hydrogen-bond donors (Lipinski definition) is 2. The van der Waals surface area contributed by atoms with E-state index in [9.17, 15) is 4.79 Å². The fraction of sp³-hybridized carbons (Fsp3) is 0.571. The van der Waals surface area contributed by atoms with Crippen molar-refractivity contribution in [3.8, 4) is 0 Å². The number of amides is 1. The lowest BCUT2D eigenvalue weighted by atomic mass is 9.85. The molecule has 0 spiro atoms. The molecule has 0 aliphatic carbocycles. The summed E-state index contributed by atoms with van der Waals surface area (Å²) in [5, 5.41) is 12.0. The molecule has 0 aliphatic heterocycles. The van der Waals surface area contributed by atoms with Gasteiger partial charge in [-0.2, -0.15) is 0 Å². The molecule has 0 saturated heterocycles. The predicted molar refractivity (Wildman–Crippen MR) is 71.4 cm³/mol. The molecule has 2 N–H and O–H groups in total. The topological polar surface area (TPSA) is 62.2 Å². The van der Waals surface area contributed by atoms with Gasteiger partial charge in [-0.15, -0.1) is 0 Å². The van der Waals surface area contributed by atoms with Gasteiger partial charge in [0, 0.05) is 30.1 Å². The number of nitrogens with zero attached hydrogens (tertiary/aromatic N) is 1. The number of nitrogens with one attached hydrogen (secondary N) is 1. The normalized spacial score (nSPS) is 13.2. The van der Waals surface area contributed by atoms with Gasteiger partial charge in [0.15, 0.2) is 0 Å². The number of carbonyl (C=O) groups excluding carboxylic acids is 1. The molecule has 0 aromatic carbocycles. The second-order valence-electron chi connectivity index (χ2n) is 5.59. The van der Waals surface area contributed by atoms with E-state index in [1.807, 2.05) is 27.7 Å². The van der Waals surface area contributed by atoms with Crippen molar-refractivity contribution in [1.29, 1.82) is 0 Å². The molecule has 1 aromatic rings. The van der Waals surface area contributed by atoms with Crippen molar-refractivity contribution < 1.29 is 9.90 Å². The number of aryl methyl sites for hydroxylation is 1. The SMILES string of the molecule is Cc1cc(C(=O)NC(CCO)C(C)(C)C)ccn1. The summed E-state index contributed by atoms with van der Waals surface area (Å²) in [4.78, 5) is 16.2. The van der Waals surface area contributed by atoms with Crippen molar-refractivity contribution in [2.75, 3.05) is 6.61 Å². The smallest absolute Gasteiger partial charge is 0.251 e. The molecule has 1 unspecified atom stereocenters. The van der Waals surface area contributed by atoms with Crippen molar-refractivity contribution in [2.24, 2.45) is 5.41 Å². The lowest BCUT2D eigenvalue weighted by Crippen LogP contribution is -2.44. The number of rotatable bonds is 4. The minimum absolute atomic E-state index is 0.0523. The molecule has 4 nitrogen and oxygen atoms in total. The Morgan fingerprint density at radius 1 is 1.50 bits per heavy atom. The molecule has 1 rings (SSSR count). The Balaban J connectivity index is 2.79. The fourth-order valence-electron chi connectivity index (χ4n) is 1.78. The van der Waals surface area contributed by atoms with Crippen LogP contribution in [0.2, 0.25) is 0 Å². The van der Waals surface area contributed by atoms with Crippen LogP contribution >= 0.6 is 0 Å². The summed E-state index contributed by atoms with van der Waals surface area (Å²) in [6.45, 7) is 8.06. The van der Waals surface area contributed by atoms with Gasteiger partial charge in [0.1, 0.15) is 0 Å². The molecule has 100 valence electrons. The summed E-state index contributed by atoms with van der Waals surface area (Å²) in [6, 6.07) is 3.40. The average Bonchev–Trinajstić information content (AvgIpc) is 2.27. The van der Waals surface area contributed by atoms with Gasteiger partial charge in [0.25, 0.3) is 5.91 Å². The summed E-state index contributed by atoms with van der Waals surface area (Å²) in [6.07, 6.45) is 2.18. The van der Waals surface area contributed by atoms with Gasteiger partial charge >= 0.3 is 0 Å². The standard InChI is InChI=1S/C14H22N2O2/c1-10-9-11(5-7-15-10)13(18)16-12(6-8-17)14(2,3)4/h5,7,9,12,17H,6,8H2,1-4H3,(H,16,18). The Kier molecular flexibility index (Phi) is 4.84. The van der Waals surface area contributed by atoms with Crippen molar-refractivity contribution in [3.05, 3.63) is 29.6 Å². The van der Waals surface area contributed by atoms with Gasteiger partial charge in [-0.05, 0) is 30.9 Å². The quantitative estimate of drug-likeness (QED) is 0.858. The summed E-state index contributed by atoms with van der Waals surface area (Å²) < 4.78 is 0. The van der Waals surface area contributed by atoms with E-state index in [0.29, 0.717) is 12.0 Å². The highest BCUT2D eigenvalue weighted by Gasteiger charge is 2.26. The lowest BCUT2D eigenvalue weighted by Gasteiger charge is -2.31. The molecule has 0 aliphatic rings. The van der Waals surface area contributed by atoms with Gasteiger partial charge in [-0.3, -0.25) is 9.78 Å². The van der Waals surface area contributed by atoms with Gasteiger partial charge in [0.05, 0.1) is 0 Å². The van der Waals surface area contributed by atoms with Gasteiger partial charge < -0.3 is 10.4 Å². The molecule has 1 aromatic heterocycles. The van der Waals surface area contributed by atoms with E-state index < -0.39 is 0 Å². The number of pyridine rings is 1. The molecule has 0 saturated carbocycles. The van der Waals surface area contributed by atoms with E-state index in [1.54, 1.807) is 18.3 Å². The van der Waals surface area contributed by atoms with Crippen molar-refractivity contribution in [3.63, 3.8) is 0 Å². The van der Waals surface area contributed by atoms with E-state index in [2.05, 4.69) is 10.3 Å². The molecule has 0 bridgehead atoms. The summed E-state index contributed by atoms with van der Waals surface area (Å²) >= 11 is 0. The monoisotopic (exact) mass is 250 g/mol. The van der Waals surface area contributed by atoms with E-state index in [1.165, 1.54) is 0 Å². The fourth-order valence-corrected chi connectivity index (χ4v) is 1.78. The number of aliphatic hydroxyl groups excluding tert-OH is 1. The number of aliphatic hydroxyl groups is 1. The van der Waals surface area contributed by atoms with Gasteiger partial charge in [-0.25, -0.2) is 0 Å². The first-order chi connectivity index (χ1) is 8.34. The van der Waals surface area contributed by atoms with E-state index >= 15 is 0 Å². The minimum atomic E-state index is -0.117. The minimum Gasteiger partial charge on any atom is -0.396 e. The van der Waals surface area contributed by atoms with Crippen LogP contribution in [-0.4, -0.2) is 28.6 Å². The Hall–Kier alpha value is -1.42. The van der Waals surface area contributed by atoms with Crippen LogP contribution in [0.3, 0.4) is 0 Å². The molecule has 18 heavy (non-hydrogen) atoms. The van der Waals surface area contributed by atoms with Crippen LogP contribution in [0, 0.1) is 12.3 Å². The highest BCUT2D eigenvalue weighted by molar-refractivity contribution is 5.94. The number of aromatic nitrogens is 1. The molecule has 0 fully saturated rings. The van der Waals surface area contributed by atoms with Gasteiger partial charge in [0.2, 0.25) is 0 Å². The van der Waals surface area contributed by atoms with E-state index in [0.717, 1.165) is 5.69 Å². The van der Waals surface area contributed by atoms with Crippen LogP contribution in [0.25, 0.3) is 0 Å². The summed E-state index contributed by atoms with van der Waals surface area (Å²) in [5.74, 6) is -0.117. The second-order valence-corrected chi connectivity index (χ2v) is 5.59. The van der Waals surface area contributed by atoms with E-state index in [4.69, 9.17) is 5.11 Å². The first-order valence-electron chi connectivity index (χ1n) is 6.19. The number of hydrogen-bond acceptors (Lipinski definition) is 3. The molecule has 1 amide bonds. The zero-order valence-electron chi connectivity index (χ0n) is 11.5. The average molecular weight is 250 g/mol. The first-order valence-corrected chi connectivity index (χ1v) is 6.19. The molecule has 1 heterocycles. The van der Waals surface area contributed by atoms with Crippen molar-refractivity contribution in [2.45, 2.75) is 40.2 Å². The van der Waals surface area contributed by atoms with Crippen LogP contribution in [0.5, 0.6) is 0 Å². The zero-order chi connectivity index (χ0) is 13.8. The Labute approximate surface area is 108 Å². The highest BCUT2D eigenvalue weighted by atomic mass is 16.3. The third-order valence-corrected chi connectivity index (χ3v) is 2.93. The Morgan fingerprint density at radius 3 is 2.67 bits per heavy atom. The first kappa shape index (κ1) is 14.6. The van der Waals surface area contributed by atoms with Crippen LogP contribution in [-0.2, 0) is 0 Å². The maximum atomic E-state index is 12.1. The summed E-state index contributed by atoms with van der Waals surface area (Å²) in [7, 11) is 0. The number of carbonyl (C=O) groups is 1. The Morgan fingerprint density at radius 2 is 2.17 bits per heavy atom. The zero-order valence-corrected chi connectivity index (χ0v) is 11.5. The molecule has 0 radical (unpaired) electrons. The van der Waals surface area contributed by atoms with Crippen molar-refractivity contribution in [1.82, 2.24) is 10.3 Å². The summed E-state index contributed by atoms with van der Waals surface area (Å²) in [5.41, 5.74) is 1.34. The van der Waals surface area contributed by atoms with Crippen LogP contribution < -0.4 is 5.32 Å². The predicted octanol–water partition coefficient (Wildman–Crippen LogP) is 1.92. The highest BCUT2D eigenvalue weighted by Crippen LogP contribution is 2.22. The van der Waals surface area contributed by atoms with Crippen LogP contribution in [0.4, 0.5) is 0 Å². The van der Waals surface area contributed by atoms with Gasteiger partial charge in [-0.1, -0.05) is 20.8 Å². The van der Waals surface area contributed by atoms with E-state index in [-0.39, 0.29) is 24.0 Å². The molecule has 1 atom stereocenters. The lowest BCUT2D eigenvalue weighted by molar-refractivity contribution is 0.0885. The van der Waals surface area contributed by atoms with Crippen LogP contribution in [0.15, 0.2) is 18.3 Å². The van der Waals surface area contributed by atoms with Crippen molar-refractivity contribution >= 4 is 5.91 Å². The maximum Gasteiger partial charge on any atom is 0.251 e. The molecular formula is C14H22N2O2. The molecular weight excluding hydrogens is 228 g/mol. The molecule has 4 heteroatoms. The second kappa shape index (κ2) is 5.96. The third kappa shape index (κ3) is 4.11. The largest absolute Gasteiger partial charge is 0.396 e. The Bertz CT molecular complexity index is 411. The third-order valence-electron chi connectivity index (χ3n) is 2.93. The maximum absolute atomic E-state index is 12.1.